The number of nitrogens with zero attached hydrogens (tertiary/aromatic N) is 2. The SMILES string of the molecule is CC(C)C(=O)CCc1ccn(C2CCCCC2)n1. The summed E-state index contributed by atoms with van der Waals surface area (Å²) in [6.45, 7) is 3.92. The molecule has 1 heterocycles. The number of ketones is 1. The highest BCUT2D eigenvalue weighted by molar-refractivity contribution is 5.80. The smallest absolute Gasteiger partial charge is 0.135 e. The first-order chi connectivity index (χ1) is 8.66. The van der Waals surface area contributed by atoms with Gasteiger partial charge in [-0.05, 0) is 25.3 Å². The number of hydrogen-bond acceptors (Lipinski definition) is 2. The maximum atomic E-state index is 11.6. The molecule has 0 aliphatic heterocycles. The normalized spacial score (nSPS) is 17.3. The number of hydrogen-bond donors (Lipinski definition) is 0. The molecule has 0 aromatic carbocycles. The van der Waals surface area contributed by atoms with Crippen molar-refractivity contribution in [3.8, 4) is 0 Å². The summed E-state index contributed by atoms with van der Waals surface area (Å²) in [6.07, 6.45) is 10.0. The van der Waals surface area contributed by atoms with Crippen molar-refractivity contribution in [2.75, 3.05) is 0 Å². The van der Waals surface area contributed by atoms with Crippen LogP contribution in [0.3, 0.4) is 0 Å². The van der Waals surface area contributed by atoms with Gasteiger partial charge in [0.05, 0.1) is 11.7 Å². The van der Waals surface area contributed by atoms with Gasteiger partial charge in [-0.1, -0.05) is 33.1 Å². The average Bonchev–Trinajstić information content (AvgIpc) is 2.85. The lowest BCUT2D eigenvalue weighted by Gasteiger charge is -2.21. The molecule has 0 spiro atoms. The van der Waals surface area contributed by atoms with Crippen molar-refractivity contribution in [2.24, 2.45) is 5.92 Å². The second kappa shape index (κ2) is 6.17. The van der Waals surface area contributed by atoms with E-state index in [2.05, 4.69) is 22.0 Å². The summed E-state index contributed by atoms with van der Waals surface area (Å²) in [5.41, 5.74) is 1.06. The maximum absolute atomic E-state index is 11.6. The van der Waals surface area contributed by atoms with E-state index in [-0.39, 0.29) is 5.92 Å². The van der Waals surface area contributed by atoms with Crippen LogP contribution in [0.1, 0.15) is 64.1 Å². The molecule has 18 heavy (non-hydrogen) atoms. The van der Waals surface area contributed by atoms with Gasteiger partial charge in [0.1, 0.15) is 5.78 Å². The molecule has 3 nitrogen and oxygen atoms in total. The second-order valence-corrected chi connectivity index (χ2v) is 5.70. The van der Waals surface area contributed by atoms with Gasteiger partial charge in [-0.2, -0.15) is 5.10 Å². The Labute approximate surface area is 110 Å². The third-order valence-corrected chi connectivity index (χ3v) is 3.88. The van der Waals surface area contributed by atoms with E-state index in [0.29, 0.717) is 18.2 Å². The van der Waals surface area contributed by atoms with Crippen molar-refractivity contribution < 1.29 is 4.79 Å². The molecule has 1 aromatic rings. The first-order valence-electron chi connectivity index (χ1n) is 7.23. The zero-order valence-corrected chi connectivity index (χ0v) is 11.6. The minimum absolute atomic E-state index is 0.144. The molecule has 1 fully saturated rings. The van der Waals surface area contributed by atoms with Gasteiger partial charge in [-0.25, -0.2) is 0 Å². The summed E-state index contributed by atoms with van der Waals surface area (Å²) in [5, 5.41) is 4.63. The molecule has 1 saturated carbocycles. The van der Waals surface area contributed by atoms with Crippen LogP contribution in [0.4, 0.5) is 0 Å². The van der Waals surface area contributed by atoms with Crippen LogP contribution in [0.5, 0.6) is 0 Å². The van der Waals surface area contributed by atoms with Gasteiger partial charge in [0.2, 0.25) is 0 Å². The Bertz CT molecular complexity index is 389. The Morgan fingerprint density at radius 2 is 2.11 bits per heavy atom. The molecular formula is C15H24N2O. The van der Waals surface area contributed by atoms with Crippen molar-refractivity contribution >= 4 is 5.78 Å². The molecule has 0 saturated heterocycles. The molecule has 1 aliphatic rings. The lowest BCUT2D eigenvalue weighted by molar-refractivity contribution is -0.121. The number of Topliss-reactive ketones (excluding diaryl/α,β-unsaturated/α-hetero) is 1. The molecule has 1 aliphatic carbocycles. The van der Waals surface area contributed by atoms with E-state index in [4.69, 9.17) is 0 Å². The molecule has 0 unspecified atom stereocenters. The van der Waals surface area contributed by atoms with E-state index >= 15 is 0 Å². The van der Waals surface area contributed by atoms with Gasteiger partial charge in [0.25, 0.3) is 0 Å². The zero-order valence-electron chi connectivity index (χ0n) is 11.6. The van der Waals surface area contributed by atoms with Crippen molar-refractivity contribution in [1.82, 2.24) is 9.78 Å². The average molecular weight is 248 g/mol. The van der Waals surface area contributed by atoms with Crippen LogP contribution in [-0.2, 0) is 11.2 Å². The third kappa shape index (κ3) is 3.44. The Balaban J connectivity index is 1.87. The van der Waals surface area contributed by atoms with Crippen molar-refractivity contribution in [2.45, 2.75) is 64.8 Å². The van der Waals surface area contributed by atoms with Crippen LogP contribution in [0, 0.1) is 5.92 Å². The molecule has 0 N–H and O–H groups in total. The van der Waals surface area contributed by atoms with Gasteiger partial charge in [0.15, 0.2) is 0 Å². The molecule has 0 atom stereocenters. The highest BCUT2D eigenvalue weighted by Crippen LogP contribution is 2.27. The van der Waals surface area contributed by atoms with Crippen LogP contribution in [0.15, 0.2) is 12.3 Å². The summed E-state index contributed by atoms with van der Waals surface area (Å²) < 4.78 is 2.12. The fraction of sp³-hybridized carbons (Fsp3) is 0.733. The van der Waals surface area contributed by atoms with Gasteiger partial charge in [-0.15, -0.1) is 0 Å². The zero-order chi connectivity index (χ0) is 13.0. The monoisotopic (exact) mass is 248 g/mol. The Morgan fingerprint density at radius 1 is 1.39 bits per heavy atom. The van der Waals surface area contributed by atoms with E-state index in [1.165, 1.54) is 32.1 Å². The van der Waals surface area contributed by atoms with Crippen LogP contribution < -0.4 is 0 Å². The summed E-state index contributed by atoms with van der Waals surface area (Å²) in [6, 6.07) is 2.66. The molecule has 100 valence electrons. The Morgan fingerprint density at radius 3 is 2.78 bits per heavy atom. The van der Waals surface area contributed by atoms with Gasteiger partial charge < -0.3 is 0 Å². The lowest BCUT2D eigenvalue weighted by atomic mass is 9.96. The number of aromatic nitrogens is 2. The largest absolute Gasteiger partial charge is 0.299 e. The van der Waals surface area contributed by atoms with E-state index < -0.39 is 0 Å². The van der Waals surface area contributed by atoms with Crippen LogP contribution in [0.25, 0.3) is 0 Å². The van der Waals surface area contributed by atoms with E-state index in [1.807, 2.05) is 13.8 Å². The van der Waals surface area contributed by atoms with Crippen molar-refractivity contribution in [3.05, 3.63) is 18.0 Å². The predicted octanol–water partition coefficient (Wildman–Crippen LogP) is 3.55. The Hall–Kier alpha value is -1.12. The molecule has 0 radical (unpaired) electrons. The minimum Gasteiger partial charge on any atom is -0.299 e. The van der Waals surface area contributed by atoms with E-state index in [1.54, 1.807) is 0 Å². The molecule has 3 heteroatoms. The number of rotatable bonds is 5. The molecule has 0 bridgehead atoms. The first kappa shape index (κ1) is 13.3. The summed E-state index contributed by atoms with van der Waals surface area (Å²) in [5.74, 6) is 0.479. The molecule has 0 amide bonds. The number of carbonyl (C=O) groups is 1. The summed E-state index contributed by atoms with van der Waals surface area (Å²) in [4.78, 5) is 11.6. The van der Waals surface area contributed by atoms with E-state index in [0.717, 1.165) is 12.1 Å². The fourth-order valence-corrected chi connectivity index (χ4v) is 2.60. The van der Waals surface area contributed by atoms with Crippen molar-refractivity contribution in [3.63, 3.8) is 0 Å². The molecule has 2 rings (SSSR count). The standard InChI is InChI=1S/C15H24N2O/c1-12(2)15(18)9-8-13-10-11-17(16-13)14-6-4-3-5-7-14/h10-12,14H,3-9H2,1-2H3. The number of carbonyl (C=O) groups excluding carboxylic acids is 1. The highest BCUT2D eigenvalue weighted by Gasteiger charge is 2.16. The fourth-order valence-electron chi connectivity index (χ4n) is 2.60. The van der Waals surface area contributed by atoms with Gasteiger partial charge >= 0.3 is 0 Å². The summed E-state index contributed by atoms with van der Waals surface area (Å²) in [7, 11) is 0. The quantitative estimate of drug-likeness (QED) is 0.798. The molecule has 1 aromatic heterocycles. The lowest BCUT2D eigenvalue weighted by Crippen LogP contribution is -2.13. The maximum Gasteiger partial charge on any atom is 0.135 e. The van der Waals surface area contributed by atoms with Crippen LogP contribution in [-0.4, -0.2) is 15.6 Å². The second-order valence-electron chi connectivity index (χ2n) is 5.70. The van der Waals surface area contributed by atoms with Gasteiger partial charge in [0, 0.05) is 18.5 Å². The Kier molecular flexibility index (Phi) is 4.56. The minimum atomic E-state index is 0.144. The van der Waals surface area contributed by atoms with Gasteiger partial charge in [-0.3, -0.25) is 9.48 Å². The van der Waals surface area contributed by atoms with Crippen molar-refractivity contribution in [1.29, 1.82) is 0 Å². The molecular weight excluding hydrogens is 224 g/mol. The summed E-state index contributed by atoms with van der Waals surface area (Å²) >= 11 is 0. The van der Waals surface area contributed by atoms with Crippen LogP contribution >= 0.6 is 0 Å². The van der Waals surface area contributed by atoms with E-state index in [9.17, 15) is 4.79 Å². The number of aryl methyl sites for hydroxylation is 1. The first-order valence-corrected chi connectivity index (χ1v) is 7.23. The predicted molar refractivity (Wildman–Crippen MR) is 72.5 cm³/mol. The van der Waals surface area contributed by atoms with Crippen LogP contribution in [0.2, 0.25) is 0 Å². The third-order valence-electron chi connectivity index (χ3n) is 3.88. The highest BCUT2D eigenvalue weighted by atomic mass is 16.1. The topological polar surface area (TPSA) is 34.9 Å².